The number of piperidine rings is 1. The molecule has 0 saturated carbocycles. The van der Waals surface area contributed by atoms with Gasteiger partial charge >= 0.3 is 0 Å². The van der Waals surface area contributed by atoms with E-state index in [1.165, 1.54) is 32.5 Å². The van der Waals surface area contributed by atoms with Gasteiger partial charge in [0.1, 0.15) is 0 Å². The molecule has 0 radical (unpaired) electrons. The Morgan fingerprint density at radius 2 is 1.87 bits per heavy atom. The van der Waals surface area contributed by atoms with E-state index in [9.17, 15) is 5.11 Å². The van der Waals surface area contributed by atoms with Crippen molar-refractivity contribution in [1.82, 2.24) is 10.2 Å². The largest absolute Gasteiger partial charge is 0.392 e. The monoisotopic (exact) mass is 214 g/mol. The quantitative estimate of drug-likeness (QED) is 0.719. The van der Waals surface area contributed by atoms with Gasteiger partial charge in [-0.1, -0.05) is 13.8 Å². The van der Waals surface area contributed by atoms with E-state index >= 15 is 0 Å². The van der Waals surface area contributed by atoms with Crippen molar-refractivity contribution in [3.63, 3.8) is 0 Å². The van der Waals surface area contributed by atoms with Crippen LogP contribution in [-0.2, 0) is 0 Å². The second kappa shape index (κ2) is 6.46. The van der Waals surface area contributed by atoms with E-state index in [1.54, 1.807) is 0 Å². The molecule has 0 aromatic heterocycles. The number of hydrogen-bond donors (Lipinski definition) is 2. The summed E-state index contributed by atoms with van der Waals surface area (Å²) in [5.41, 5.74) is 0. The first-order valence-corrected chi connectivity index (χ1v) is 6.21. The highest BCUT2D eigenvalue weighted by molar-refractivity contribution is 4.78. The van der Waals surface area contributed by atoms with Gasteiger partial charge in [0.2, 0.25) is 0 Å². The average molecular weight is 214 g/mol. The van der Waals surface area contributed by atoms with Gasteiger partial charge in [-0.05, 0) is 38.8 Å². The van der Waals surface area contributed by atoms with E-state index in [1.807, 2.05) is 6.92 Å². The first-order chi connectivity index (χ1) is 7.08. The van der Waals surface area contributed by atoms with E-state index in [0.717, 1.165) is 12.5 Å². The van der Waals surface area contributed by atoms with Gasteiger partial charge in [-0.15, -0.1) is 0 Å². The molecule has 1 aliphatic rings. The highest BCUT2D eigenvalue weighted by Crippen LogP contribution is 2.11. The average Bonchev–Trinajstić information content (AvgIpc) is 2.16. The van der Waals surface area contributed by atoms with E-state index < -0.39 is 0 Å². The first kappa shape index (κ1) is 12.9. The van der Waals surface area contributed by atoms with E-state index in [-0.39, 0.29) is 6.10 Å². The van der Waals surface area contributed by atoms with Crippen LogP contribution in [0.5, 0.6) is 0 Å². The Morgan fingerprint density at radius 3 is 2.33 bits per heavy atom. The fourth-order valence-corrected chi connectivity index (χ4v) is 2.17. The van der Waals surface area contributed by atoms with Gasteiger partial charge in [-0.2, -0.15) is 0 Å². The van der Waals surface area contributed by atoms with Crippen LogP contribution in [0.3, 0.4) is 0 Å². The number of likely N-dealkylation sites (tertiary alicyclic amines) is 1. The zero-order valence-corrected chi connectivity index (χ0v) is 10.4. The molecule has 0 unspecified atom stereocenters. The summed E-state index contributed by atoms with van der Waals surface area (Å²) in [6, 6.07) is 0.614. The summed E-state index contributed by atoms with van der Waals surface area (Å²) in [7, 11) is 0. The summed E-state index contributed by atoms with van der Waals surface area (Å²) < 4.78 is 0. The molecule has 1 rings (SSSR count). The zero-order chi connectivity index (χ0) is 11.3. The molecule has 0 aromatic carbocycles. The Kier molecular flexibility index (Phi) is 5.58. The van der Waals surface area contributed by atoms with Crippen LogP contribution in [0.2, 0.25) is 0 Å². The van der Waals surface area contributed by atoms with Gasteiger partial charge in [0.15, 0.2) is 0 Å². The van der Waals surface area contributed by atoms with Crippen LogP contribution in [0.4, 0.5) is 0 Å². The van der Waals surface area contributed by atoms with Crippen molar-refractivity contribution in [2.45, 2.75) is 45.8 Å². The number of nitrogens with zero attached hydrogens (tertiary/aromatic N) is 1. The molecule has 0 aromatic rings. The minimum atomic E-state index is -0.223. The van der Waals surface area contributed by atoms with Gasteiger partial charge in [-0.3, -0.25) is 0 Å². The Labute approximate surface area is 93.9 Å². The second-order valence-electron chi connectivity index (χ2n) is 5.23. The first-order valence-electron chi connectivity index (χ1n) is 6.21. The smallest absolute Gasteiger partial charge is 0.0636 e. The molecule has 2 N–H and O–H groups in total. The summed E-state index contributed by atoms with van der Waals surface area (Å²) in [5.74, 6) is 0.770. The molecule has 0 spiro atoms. The van der Waals surface area contributed by atoms with Crippen LogP contribution in [0.25, 0.3) is 0 Å². The lowest BCUT2D eigenvalue weighted by Gasteiger charge is -2.33. The van der Waals surface area contributed by atoms with Crippen molar-refractivity contribution in [3.05, 3.63) is 0 Å². The van der Waals surface area contributed by atoms with Crippen LogP contribution in [0.15, 0.2) is 0 Å². The Bertz CT molecular complexity index is 163. The SMILES string of the molecule is CC(C)CN1CCC(NC[C@@H](C)O)CC1. The van der Waals surface area contributed by atoms with Gasteiger partial charge in [-0.25, -0.2) is 0 Å². The number of hydrogen-bond acceptors (Lipinski definition) is 3. The number of nitrogens with one attached hydrogen (secondary N) is 1. The number of aliphatic hydroxyl groups excluding tert-OH is 1. The standard InChI is InChI=1S/C12H26N2O/c1-10(2)9-14-6-4-12(5-7-14)13-8-11(3)15/h10-13,15H,4-9H2,1-3H3/t11-/m1/s1. The zero-order valence-electron chi connectivity index (χ0n) is 10.4. The molecule has 0 aliphatic carbocycles. The third-order valence-corrected chi connectivity index (χ3v) is 2.91. The topological polar surface area (TPSA) is 35.5 Å². The summed E-state index contributed by atoms with van der Waals surface area (Å²) in [5, 5.41) is 12.6. The Balaban J connectivity index is 2.12. The summed E-state index contributed by atoms with van der Waals surface area (Å²) in [6.07, 6.45) is 2.22. The van der Waals surface area contributed by atoms with Gasteiger partial charge in [0.05, 0.1) is 6.10 Å². The third-order valence-electron chi connectivity index (χ3n) is 2.91. The molecule has 1 aliphatic heterocycles. The molecule has 15 heavy (non-hydrogen) atoms. The van der Waals surface area contributed by atoms with E-state index in [4.69, 9.17) is 0 Å². The molecule has 1 atom stereocenters. The predicted octanol–water partition coefficient (Wildman–Crippen LogP) is 1.08. The lowest BCUT2D eigenvalue weighted by atomic mass is 10.0. The van der Waals surface area contributed by atoms with Crippen LogP contribution in [0, 0.1) is 5.92 Å². The lowest BCUT2D eigenvalue weighted by molar-refractivity contribution is 0.155. The van der Waals surface area contributed by atoms with E-state index in [0.29, 0.717) is 6.04 Å². The molecule has 90 valence electrons. The summed E-state index contributed by atoms with van der Waals surface area (Å²) in [6.45, 7) is 10.7. The summed E-state index contributed by atoms with van der Waals surface area (Å²) in [4.78, 5) is 2.55. The van der Waals surface area contributed by atoms with Crippen molar-refractivity contribution < 1.29 is 5.11 Å². The molecular formula is C12H26N2O. The van der Waals surface area contributed by atoms with Crippen LogP contribution >= 0.6 is 0 Å². The Morgan fingerprint density at radius 1 is 1.27 bits per heavy atom. The van der Waals surface area contributed by atoms with Gasteiger partial charge < -0.3 is 15.3 Å². The minimum Gasteiger partial charge on any atom is -0.392 e. The maximum atomic E-state index is 9.18. The molecule has 3 nitrogen and oxygen atoms in total. The fraction of sp³-hybridized carbons (Fsp3) is 1.00. The van der Waals surface area contributed by atoms with Crippen LogP contribution < -0.4 is 5.32 Å². The van der Waals surface area contributed by atoms with Crippen molar-refractivity contribution in [1.29, 1.82) is 0 Å². The van der Waals surface area contributed by atoms with Crippen molar-refractivity contribution >= 4 is 0 Å². The van der Waals surface area contributed by atoms with Crippen molar-refractivity contribution in [3.8, 4) is 0 Å². The minimum absolute atomic E-state index is 0.223. The van der Waals surface area contributed by atoms with Gasteiger partial charge in [0, 0.05) is 19.1 Å². The molecule has 3 heteroatoms. The maximum absolute atomic E-state index is 9.18. The van der Waals surface area contributed by atoms with E-state index in [2.05, 4.69) is 24.1 Å². The van der Waals surface area contributed by atoms with Crippen molar-refractivity contribution in [2.75, 3.05) is 26.2 Å². The Hall–Kier alpha value is -0.120. The highest BCUT2D eigenvalue weighted by Gasteiger charge is 2.19. The molecule has 1 heterocycles. The summed E-state index contributed by atoms with van der Waals surface area (Å²) >= 11 is 0. The van der Waals surface area contributed by atoms with Gasteiger partial charge in [0.25, 0.3) is 0 Å². The third kappa shape index (κ3) is 5.50. The molecular weight excluding hydrogens is 188 g/mol. The highest BCUT2D eigenvalue weighted by atomic mass is 16.3. The number of aliphatic hydroxyl groups is 1. The lowest BCUT2D eigenvalue weighted by Crippen LogP contribution is -2.45. The molecule has 0 amide bonds. The van der Waals surface area contributed by atoms with Crippen LogP contribution in [0.1, 0.15) is 33.6 Å². The molecule has 1 saturated heterocycles. The number of rotatable bonds is 5. The predicted molar refractivity (Wildman–Crippen MR) is 64.0 cm³/mol. The normalized spacial score (nSPS) is 22.2. The fourth-order valence-electron chi connectivity index (χ4n) is 2.17. The molecule has 1 fully saturated rings. The molecule has 0 bridgehead atoms. The second-order valence-corrected chi connectivity index (χ2v) is 5.23. The van der Waals surface area contributed by atoms with Crippen LogP contribution in [-0.4, -0.2) is 48.3 Å². The van der Waals surface area contributed by atoms with Crippen molar-refractivity contribution in [2.24, 2.45) is 5.92 Å². The maximum Gasteiger partial charge on any atom is 0.0636 e.